The number of nitrogens with zero attached hydrogens (tertiary/aromatic N) is 2. The minimum absolute atomic E-state index is 0.0482. The lowest BCUT2D eigenvalue weighted by atomic mass is 9.93. The third kappa shape index (κ3) is 1.90. The molecule has 3 heteroatoms. The molecule has 0 saturated heterocycles. The van der Waals surface area contributed by atoms with Gasteiger partial charge in [0, 0.05) is 5.41 Å². The third-order valence-electron chi connectivity index (χ3n) is 1.45. The zero-order chi connectivity index (χ0) is 8.48. The Kier molecular flexibility index (Phi) is 1.81. The molecule has 11 heavy (non-hydrogen) atoms. The average Bonchev–Trinajstić information content (AvgIpc) is 1.86. The zero-order valence-electron chi connectivity index (χ0n) is 7.03. The SMILES string of the molecule is CC(C)(C)c1c[n+]([O-])ccn1. The van der Waals surface area contributed by atoms with Gasteiger partial charge >= 0.3 is 0 Å². The number of hydrogen-bond donors (Lipinski definition) is 0. The van der Waals surface area contributed by atoms with E-state index in [0.29, 0.717) is 0 Å². The van der Waals surface area contributed by atoms with E-state index in [1.807, 2.05) is 20.8 Å². The molecule has 3 nitrogen and oxygen atoms in total. The minimum Gasteiger partial charge on any atom is -0.619 e. The molecule has 0 aliphatic carbocycles. The van der Waals surface area contributed by atoms with Gasteiger partial charge in [-0.3, -0.25) is 0 Å². The van der Waals surface area contributed by atoms with Gasteiger partial charge in [0.1, 0.15) is 5.69 Å². The monoisotopic (exact) mass is 152 g/mol. The summed E-state index contributed by atoms with van der Waals surface area (Å²) in [5.41, 5.74) is 0.767. The predicted octanol–water partition coefficient (Wildman–Crippen LogP) is 1.01. The van der Waals surface area contributed by atoms with E-state index in [9.17, 15) is 5.21 Å². The Morgan fingerprint density at radius 3 is 2.45 bits per heavy atom. The van der Waals surface area contributed by atoms with Crippen molar-refractivity contribution in [1.82, 2.24) is 4.98 Å². The topological polar surface area (TPSA) is 39.8 Å². The Morgan fingerprint density at radius 1 is 1.45 bits per heavy atom. The van der Waals surface area contributed by atoms with Crippen LogP contribution in [0.1, 0.15) is 26.5 Å². The second kappa shape index (κ2) is 2.49. The fourth-order valence-electron chi connectivity index (χ4n) is 0.764. The Bertz CT molecular complexity index is 253. The van der Waals surface area contributed by atoms with Gasteiger partial charge in [-0.15, -0.1) is 0 Å². The predicted molar refractivity (Wildman–Crippen MR) is 41.9 cm³/mol. The van der Waals surface area contributed by atoms with E-state index in [1.54, 1.807) is 0 Å². The molecule has 0 N–H and O–H groups in total. The molecule has 0 bridgehead atoms. The van der Waals surface area contributed by atoms with Crippen LogP contribution in [0.3, 0.4) is 0 Å². The second-order valence-electron chi connectivity index (χ2n) is 3.55. The molecule has 0 radical (unpaired) electrons. The van der Waals surface area contributed by atoms with Crippen molar-refractivity contribution in [1.29, 1.82) is 0 Å². The van der Waals surface area contributed by atoms with Crippen molar-refractivity contribution < 1.29 is 4.73 Å². The van der Waals surface area contributed by atoms with Crippen LogP contribution in [0.4, 0.5) is 0 Å². The Morgan fingerprint density at radius 2 is 2.09 bits per heavy atom. The molecule has 1 aromatic heterocycles. The van der Waals surface area contributed by atoms with Crippen molar-refractivity contribution in [3.63, 3.8) is 0 Å². The highest BCUT2D eigenvalue weighted by atomic mass is 16.5. The number of rotatable bonds is 0. The molecular weight excluding hydrogens is 140 g/mol. The Hall–Kier alpha value is -1.12. The first kappa shape index (κ1) is 7.98. The number of aromatic nitrogens is 2. The first-order chi connectivity index (χ1) is 5.00. The van der Waals surface area contributed by atoms with E-state index < -0.39 is 0 Å². The third-order valence-corrected chi connectivity index (χ3v) is 1.45. The lowest BCUT2D eigenvalue weighted by molar-refractivity contribution is -0.606. The quantitative estimate of drug-likeness (QED) is 0.411. The van der Waals surface area contributed by atoms with Crippen LogP contribution in [0.15, 0.2) is 18.6 Å². The van der Waals surface area contributed by atoms with E-state index in [4.69, 9.17) is 0 Å². The second-order valence-corrected chi connectivity index (χ2v) is 3.55. The highest BCUT2D eigenvalue weighted by Crippen LogP contribution is 2.17. The summed E-state index contributed by atoms with van der Waals surface area (Å²) in [5, 5.41) is 10.8. The van der Waals surface area contributed by atoms with Crippen molar-refractivity contribution in [2.24, 2.45) is 0 Å². The standard InChI is InChI=1S/C8H12N2O/c1-8(2,3)7-6-10(11)5-4-9-7/h4-6H,1-3H3. The molecule has 0 aliphatic rings. The van der Waals surface area contributed by atoms with Crippen LogP contribution < -0.4 is 4.73 Å². The molecule has 1 aromatic rings. The molecule has 0 aliphatic heterocycles. The highest BCUT2D eigenvalue weighted by Gasteiger charge is 2.17. The van der Waals surface area contributed by atoms with Gasteiger partial charge in [0.15, 0.2) is 6.20 Å². The molecule has 1 heterocycles. The van der Waals surface area contributed by atoms with Gasteiger partial charge in [-0.2, -0.15) is 4.73 Å². The first-order valence-electron chi connectivity index (χ1n) is 3.55. The van der Waals surface area contributed by atoms with Crippen LogP contribution >= 0.6 is 0 Å². The summed E-state index contributed by atoms with van der Waals surface area (Å²) >= 11 is 0. The zero-order valence-corrected chi connectivity index (χ0v) is 7.03. The minimum atomic E-state index is -0.0482. The van der Waals surface area contributed by atoms with Crippen LogP contribution in [-0.2, 0) is 5.41 Å². The summed E-state index contributed by atoms with van der Waals surface area (Å²) in [6.07, 6.45) is 4.41. The lowest BCUT2D eigenvalue weighted by Crippen LogP contribution is -2.28. The fourth-order valence-corrected chi connectivity index (χ4v) is 0.764. The van der Waals surface area contributed by atoms with Crippen molar-refractivity contribution in [2.75, 3.05) is 0 Å². The van der Waals surface area contributed by atoms with Crippen LogP contribution in [-0.4, -0.2) is 4.98 Å². The Labute approximate surface area is 66.3 Å². The van der Waals surface area contributed by atoms with Gasteiger partial charge in [-0.25, -0.2) is 4.98 Å². The molecule has 60 valence electrons. The van der Waals surface area contributed by atoms with E-state index in [0.717, 1.165) is 10.4 Å². The van der Waals surface area contributed by atoms with Crippen molar-refractivity contribution in [3.05, 3.63) is 29.5 Å². The molecule has 0 aromatic carbocycles. The summed E-state index contributed by atoms with van der Waals surface area (Å²) in [7, 11) is 0. The fraction of sp³-hybridized carbons (Fsp3) is 0.500. The largest absolute Gasteiger partial charge is 0.619 e. The molecule has 0 unspecified atom stereocenters. The van der Waals surface area contributed by atoms with E-state index in [-0.39, 0.29) is 5.41 Å². The van der Waals surface area contributed by atoms with Gasteiger partial charge in [0.25, 0.3) is 0 Å². The summed E-state index contributed by atoms with van der Waals surface area (Å²) in [6, 6.07) is 0. The molecule has 1 rings (SSSR count). The maximum atomic E-state index is 10.8. The van der Waals surface area contributed by atoms with E-state index in [1.165, 1.54) is 18.6 Å². The molecule has 0 spiro atoms. The maximum absolute atomic E-state index is 10.8. The van der Waals surface area contributed by atoms with Crippen LogP contribution in [0, 0.1) is 5.21 Å². The van der Waals surface area contributed by atoms with Crippen LogP contribution in [0.5, 0.6) is 0 Å². The smallest absolute Gasteiger partial charge is 0.202 e. The van der Waals surface area contributed by atoms with Gasteiger partial charge in [0.2, 0.25) is 6.20 Å². The van der Waals surface area contributed by atoms with Crippen molar-refractivity contribution in [2.45, 2.75) is 26.2 Å². The van der Waals surface area contributed by atoms with Crippen LogP contribution in [0.25, 0.3) is 0 Å². The van der Waals surface area contributed by atoms with Gasteiger partial charge in [-0.05, 0) is 0 Å². The van der Waals surface area contributed by atoms with Gasteiger partial charge in [0.05, 0.1) is 6.20 Å². The van der Waals surface area contributed by atoms with Crippen molar-refractivity contribution >= 4 is 0 Å². The highest BCUT2D eigenvalue weighted by molar-refractivity contribution is 5.04. The van der Waals surface area contributed by atoms with Crippen LogP contribution in [0.2, 0.25) is 0 Å². The van der Waals surface area contributed by atoms with E-state index >= 15 is 0 Å². The maximum Gasteiger partial charge on any atom is 0.202 e. The number of hydrogen-bond acceptors (Lipinski definition) is 2. The molecule has 0 fully saturated rings. The Balaban J connectivity index is 3.06. The average molecular weight is 152 g/mol. The molecule has 0 amide bonds. The molecule has 0 atom stereocenters. The summed E-state index contributed by atoms with van der Waals surface area (Å²) in [6.45, 7) is 6.07. The normalized spacial score (nSPS) is 11.5. The van der Waals surface area contributed by atoms with E-state index in [2.05, 4.69) is 4.98 Å². The van der Waals surface area contributed by atoms with Crippen molar-refractivity contribution in [3.8, 4) is 0 Å². The summed E-state index contributed by atoms with van der Waals surface area (Å²) in [4.78, 5) is 4.09. The molecular formula is C8H12N2O. The lowest BCUT2D eigenvalue weighted by Gasteiger charge is -2.15. The molecule has 0 saturated carbocycles. The first-order valence-corrected chi connectivity index (χ1v) is 3.55. The van der Waals surface area contributed by atoms with Gasteiger partial charge in [-0.1, -0.05) is 20.8 Å². The van der Waals surface area contributed by atoms with Gasteiger partial charge < -0.3 is 5.21 Å². The summed E-state index contributed by atoms with van der Waals surface area (Å²) in [5.74, 6) is 0. The summed E-state index contributed by atoms with van der Waals surface area (Å²) < 4.78 is 0.771.